The molecule has 1 aliphatic rings. The van der Waals surface area contributed by atoms with Crippen LogP contribution >= 0.6 is 0 Å². The Morgan fingerprint density at radius 1 is 0.970 bits per heavy atom. The van der Waals surface area contributed by atoms with E-state index in [1.54, 1.807) is 22.8 Å². The molecule has 1 aliphatic carbocycles. The Bertz CT molecular complexity index is 1340. The second-order valence-electron chi connectivity index (χ2n) is 7.78. The lowest BCUT2D eigenvalue weighted by molar-refractivity contribution is -0.384. The van der Waals surface area contributed by atoms with Gasteiger partial charge in [-0.05, 0) is 31.3 Å². The van der Waals surface area contributed by atoms with E-state index in [1.807, 2.05) is 13.8 Å². The third-order valence-corrected chi connectivity index (χ3v) is 6.25. The van der Waals surface area contributed by atoms with Gasteiger partial charge in [0.1, 0.15) is 0 Å². The number of aromatic nitrogens is 1. The zero-order valence-corrected chi connectivity index (χ0v) is 19.0. The summed E-state index contributed by atoms with van der Waals surface area (Å²) in [6.45, 7) is 6.74. The minimum atomic E-state index is -0.532. The number of pyridine rings is 1. The predicted molar refractivity (Wildman–Crippen MR) is 125 cm³/mol. The number of ether oxygens (including phenoxy) is 2. The summed E-state index contributed by atoms with van der Waals surface area (Å²) in [6, 6.07) is 7.41. The second-order valence-corrected chi connectivity index (χ2v) is 7.78. The molecule has 0 bridgehead atoms. The van der Waals surface area contributed by atoms with Gasteiger partial charge in [0, 0.05) is 41.7 Å². The Balaban J connectivity index is 2.05. The molecule has 4 rings (SSSR count). The van der Waals surface area contributed by atoms with Gasteiger partial charge in [0.15, 0.2) is 17.3 Å². The fraction of sp³-hybridized carbons (Fsp3) is 0.333. The van der Waals surface area contributed by atoms with Gasteiger partial charge < -0.3 is 18.9 Å². The van der Waals surface area contributed by atoms with Crippen LogP contribution in [0.4, 0.5) is 5.69 Å². The van der Waals surface area contributed by atoms with Gasteiger partial charge in [0.2, 0.25) is 0 Å². The highest BCUT2D eigenvalue weighted by Crippen LogP contribution is 2.43. The van der Waals surface area contributed by atoms with E-state index in [1.165, 1.54) is 26.4 Å². The van der Waals surface area contributed by atoms with Crippen molar-refractivity contribution in [3.63, 3.8) is 0 Å². The summed E-state index contributed by atoms with van der Waals surface area (Å²) in [4.78, 5) is 40.2. The SMILES string of the molecule is CCN(CC)CCn1c2c(c3cc(OC)c(OC)cc3c1=O)C(=O)c1cc([N+](=O)[O-])ccc1-2. The largest absolute Gasteiger partial charge is 0.493 e. The summed E-state index contributed by atoms with van der Waals surface area (Å²) in [7, 11) is 2.96. The van der Waals surface area contributed by atoms with Gasteiger partial charge in [-0.25, -0.2) is 0 Å². The van der Waals surface area contributed by atoms with E-state index in [0.29, 0.717) is 52.2 Å². The van der Waals surface area contributed by atoms with E-state index < -0.39 is 4.92 Å². The van der Waals surface area contributed by atoms with Crippen LogP contribution in [0.1, 0.15) is 29.8 Å². The summed E-state index contributed by atoms with van der Waals surface area (Å²) in [5, 5.41) is 12.1. The molecule has 9 heteroatoms. The lowest BCUT2D eigenvalue weighted by Crippen LogP contribution is -2.32. The van der Waals surface area contributed by atoms with Crippen molar-refractivity contribution in [2.75, 3.05) is 33.9 Å². The lowest BCUT2D eigenvalue weighted by Gasteiger charge is -2.21. The van der Waals surface area contributed by atoms with Crippen LogP contribution in [0.25, 0.3) is 22.0 Å². The van der Waals surface area contributed by atoms with Crippen LogP contribution < -0.4 is 15.0 Å². The highest BCUT2D eigenvalue weighted by atomic mass is 16.6. The molecule has 0 radical (unpaired) electrons. The first-order valence-corrected chi connectivity index (χ1v) is 10.7. The molecule has 0 N–H and O–H groups in total. The normalized spacial score (nSPS) is 12.2. The molecule has 0 spiro atoms. The summed E-state index contributed by atoms with van der Waals surface area (Å²) in [5.74, 6) is 0.427. The van der Waals surface area contributed by atoms with Gasteiger partial charge in [-0.2, -0.15) is 0 Å². The summed E-state index contributed by atoms with van der Waals surface area (Å²) in [5.41, 5.74) is 1.15. The molecule has 2 aromatic carbocycles. The molecule has 0 aliphatic heterocycles. The van der Waals surface area contributed by atoms with Gasteiger partial charge in [0.25, 0.3) is 11.2 Å². The second kappa shape index (κ2) is 8.67. The van der Waals surface area contributed by atoms with Crippen molar-refractivity contribution in [2.24, 2.45) is 0 Å². The molecule has 0 saturated heterocycles. The Morgan fingerprint density at radius 2 is 1.61 bits per heavy atom. The number of rotatable bonds is 8. The molecular formula is C24H25N3O6. The maximum Gasteiger partial charge on any atom is 0.270 e. The van der Waals surface area contributed by atoms with Crippen LogP contribution in [0, 0.1) is 10.1 Å². The topological polar surface area (TPSA) is 104 Å². The van der Waals surface area contributed by atoms with E-state index in [2.05, 4.69) is 4.90 Å². The van der Waals surface area contributed by atoms with Gasteiger partial charge in [-0.1, -0.05) is 13.8 Å². The number of carbonyl (C=O) groups excluding carboxylic acids is 1. The smallest absolute Gasteiger partial charge is 0.270 e. The summed E-state index contributed by atoms with van der Waals surface area (Å²) in [6.07, 6.45) is 0. The molecule has 0 atom stereocenters. The Labute approximate surface area is 190 Å². The average molecular weight is 451 g/mol. The van der Waals surface area contributed by atoms with Crippen molar-refractivity contribution in [1.82, 2.24) is 9.47 Å². The minimum Gasteiger partial charge on any atom is -0.493 e. The summed E-state index contributed by atoms with van der Waals surface area (Å²) < 4.78 is 12.4. The van der Waals surface area contributed by atoms with Crippen molar-refractivity contribution < 1.29 is 19.2 Å². The number of hydrogen-bond donors (Lipinski definition) is 0. The molecule has 0 saturated carbocycles. The summed E-state index contributed by atoms with van der Waals surface area (Å²) >= 11 is 0. The van der Waals surface area contributed by atoms with E-state index in [9.17, 15) is 19.7 Å². The first kappa shape index (κ1) is 22.5. The van der Waals surface area contributed by atoms with Gasteiger partial charge >= 0.3 is 0 Å². The number of methoxy groups -OCH3 is 2. The minimum absolute atomic E-state index is 0.171. The Morgan fingerprint density at radius 3 is 2.18 bits per heavy atom. The first-order valence-electron chi connectivity index (χ1n) is 10.7. The number of ketones is 1. The molecule has 0 amide bonds. The quantitative estimate of drug-likeness (QED) is 0.298. The monoisotopic (exact) mass is 451 g/mol. The molecule has 1 aromatic heterocycles. The van der Waals surface area contributed by atoms with Crippen molar-refractivity contribution in [2.45, 2.75) is 20.4 Å². The molecular weight excluding hydrogens is 426 g/mol. The van der Waals surface area contributed by atoms with Crippen molar-refractivity contribution in [3.05, 3.63) is 61.9 Å². The molecule has 172 valence electrons. The van der Waals surface area contributed by atoms with Gasteiger partial charge in [-0.15, -0.1) is 0 Å². The van der Waals surface area contributed by atoms with Crippen molar-refractivity contribution >= 4 is 22.2 Å². The van der Waals surface area contributed by atoms with Crippen LogP contribution in [0.2, 0.25) is 0 Å². The number of nitro groups is 1. The number of carbonyl (C=O) groups is 1. The van der Waals surface area contributed by atoms with Crippen LogP contribution in [0.15, 0.2) is 35.1 Å². The van der Waals surface area contributed by atoms with Crippen molar-refractivity contribution in [3.8, 4) is 22.8 Å². The van der Waals surface area contributed by atoms with Crippen LogP contribution in [0.5, 0.6) is 11.5 Å². The van der Waals surface area contributed by atoms with E-state index in [-0.39, 0.29) is 22.6 Å². The maximum atomic E-state index is 13.7. The zero-order chi connectivity index (χ0) is 23.9. The maximum absolute atomic E-state index is 13.7. The number of nitro benzene ring substituents is 1. The van der Waals surface area contributed by atoms with Crippen LogP contribution in [-0.4, -0.2) is 54.0 Å². The first-order chi connectivity index (χ1) is 15.9. The molecule has 3 aromatic rings. The number of hydrogen-bond acceptors (Lipinski definition) is 7. The average Bonchev–Trinajstić information content (AvgIpc) is 3.12. The molecule has 9 nitrogen and oxygen atoms in total. The molecule has 0 fully saturated rings. The fourth-order valence-corrected chi connectivity index (χ4v) is 4.45. The van der Waals surface area contributed by atoms with Crippen LogP contribution in [0.3, 0.4) is 0 Å². The van der Waals surface area contributed by atoms with Crippen molar-refractivity contribution in [1.29, 1.82) is 0 Å². The third kappa shape index (κ3) is 3.54. The zero-order valence-electron chi connectivity index (χ0n) is 19.0. The number of nitrogens with zero attached hydrogens (tertiary/aromatic N) is 3. The number of likely N-dealkylation sites (N-methyl/N-ethyl adjacent to an activating group) is 1. The highest BCUT2D eigenvalue weighted by molar-refractivity contribution is 6.27. The third-order valence-electron chi connectivity index (χ3n) is 6.25. The van der Waals surface area contributed by atoms with Crippen LogP contribution in [-0.2, 0) is 6.54 Å². The van der Waals surface area contributed by atoms with E-state index >= 15 is 0 Å². The molecule has 1 heterocycles. The number of benzene rings is 2. The standard InChI is InChI=1S/C24H25N3O6/c1-5-25(6-2)9-10-26-22-15-8-7-14(27(30)31)11-17(15)23(28)21(22)16-12-19(32-3)20(33-4)13-18(16)24(26)29/h7-8,11-13H,5-6,9-10H2,1-4H3. The number of non-ortho nitro benzene ring substituents is 1. The predicted octanol–water partition coefficient (Wildman–Crippen LogP) is 3.48. The Kier molecular flexibility index (Phi) is 5.90. The molecule has 33 heavy (non-hydrogen) atoms. The fourth-order valence-electron chi connectivity index (χ4n) is 4.45. The van der Waals surface area contributed by atoms with Gasteiger partial charge in [0.05, 0.1) is 35.8 Å². The lowest BCUT2D eigenvalue weighted by atomic mass is 10.0. The van der Waals surface area contributed by atoms with E-state index in [0.717, 1.165) is 13.1 Å². The highest BCUT2D eigenvalue weighted by Gasteiger charge is 2.34. The molecule has 0 unspecified atom stereocenters. The van der Waals surface area contributed by atoms with E-state index in [4.69, 9.17) is 9.47 Å². The Hall–Kier alpha value is -3.72. The number of fused-ring (bicyclic) bond motifs is 5. The van der Waals surface area contributed by atoms with Gasteiger partial charge in [-0.3, -0.25) is 19.7 Å².